The molecule has 3 atom stereocenters. The number of piperidine rings is 1. The molecular formula is C18H21N3O4. The molecule has 0 aromatic heterocycles. The highest BCUT2D eigenvalue weighted by Gasteiger charge is 2.39. The van der Waals surface area contributed by atoms with E-state index in [1.165, 1.54) is 20.0 Å². The smallest absolute Gasteiger partial charge is 0.324 e. The van der Waals surface area contributed by atoms with Crippen LogP contribution in [0, 0.1) is 11.8 Å². The van der Waals surface area contributed by atoms with Crippen LogP contribution >= 0.6 is 0 Å². The number of nitrogens with one attached hydrogen (secondary N) is 1. The van der Waals surface area contributed by atoms with Gasteiger partial charge in [0.25, 0.3) is 0 Å². The van der Waals surface area contributed by atoms with Gasteiger partial charge in [-0.15, -0.1) is 0 Å². The molecule has 3 heterocycles. The number of fused-ring (bicyclic) bond motifs is 2. The average Bonchev–Trinajstić information content (AvgIpc) is 3.04. The van der Waals surface area contributed by atoms with E-state index in [-0.39, 0.29) is 5.90 Å². The maximum atomic E-state index is 12.5. The molecule has 0 saturated carbocycles. The average molecular weight is 343 g/mol. The van der Waals surface area contributed by atoms with Gasteiger partial charge in [0.1, 0.15) is 0 Å². The number of carboxylic acids is 1. The standard InChI is InChI=1S/C18H21N3O4/c1-25-17-15(18(23)24)16(22)12-5-4-11(7-13(12)20-17)21-8-10-3-2-6-19-14(10)9-21/h4-5,7,10,14-15,19H,2-3,6,8-9H2,1H3,(H,23,24)/t10-,14+,15?/m0/s1. The molecule has 0 radical (unpaired) electrons. The van der Waals surface area contributed by atoms with E-state index in [1.54, 1.807) is 6.07 Å². The number of Topliss-reactive ketones (excluding diaryl/α,β-unsaturated/α-hetero) is 1. The van der Waals surface area contributed by atoms with Gasteiger partial charge in [-0.25, -0.2) is 4.99 Å². The molecule has 3 aliphatic rings. The number of aliphatic imine (C=N–C) groups is 1. The van der Waals surface area contributed by atoms with Gasteiger partial charge < -0.3 is 20.1 Å². The number of hydrogen-bond acceptors (Lipinski definition) is 6. The predicted molar refractivity (Wildman–Crippen MR) is 92.7 cm³/mol. The molecule has 1 unspecified atom stereocenters. The lowest BCUT2D eigenvalue weighted by molar-refractivity contribution is -0.138. The third kappa shape index (κ3) is 2.68. The molecule has 0 spiro atoms. The summed E-state index contributed by atoms with van der Waals surface area (Å²) in [6, 6.07) is 5.96. The number of hydrogen-bond donors (Lipinski definition) is 2. The lowest BCUT2D eigenvalue weighted by Crippen LogP contribution is -2.40. The van der Waals surface area contributed by atoms with Crippen molar-refractivity contribution in [3.8, 4) is 0 Å². The van der Waals surface area contributed by atoms with Gasteiger partial charge in [0.15, 0.2) is 11.7 Å². The summed E-state index contributed by atoms with van der Waals surface area (Å²) in [6.45, 7) is 3.00. The number of carbonyl (C=O) groups excluding carboxylic acids is 1. The van der Waals surface area contributed by atoms with Crippen molar-refractivity contribution in [2.24, 2.45) is 16.8 Å². The van der Waals surface area contributed by atoms with Crippen LogP contribution in [-0.2, 0) is 9.53 Å². The molecule has 2 fully saturated rings. The number of ketones is 1. The highest BCUT2D eigenvalue weighted by Crippen LogP contribution is 2.35. The normalized spacial score (nSPS) is 28.2. The number of rotatable bonds is 2. The summed E-state index contributed by atoms with van der Waals surface area (Å²) in [5, 5.41) is 12.9. The summed E-state index contributed by atoms with van der Waals surface area (Å²) in [4.78, 5) is 30.5. The van der Waals surface area contributed by atoms with Gasteiger partial charge >= 0.3 is 5.97 Å². The molecule has 2 saturated heterocycles. The van der Waals surface area contributed by atoms with Crippen molar-refractivity contribution in [3.05, 3.63) is 23.8 Å². The van der Waals surface area contributed by atoms with Gasteiger partial charge in [0, 0.05) is 30.4 Å². The second-order valence-electron chi connectivity index (χ2n) is 6.86. The number of ether oxygens (including phenoxy) is 1. The van der Waals surface area contributed by atoms with Crippen LogP contribution < -0.4 is 10.2 Å². The number of benzene rings is 1. The molecule has 7 heteroatoms. The first kappa shape index (κ1) is 16.1. The van der Waals surface area contributed by atoms with Crippen LogP contribution in [0.2, 0.25) is 0 Å². The topological polar surface area (TPSA) is 91.2 Å². The van der Waals surface area contributed by atoms with Crippen LogP contribution in [0.1, 0.15) is 23.2 Å². The SMILES string of the molecule is COC1=Nc2cc(N3C[C@@H]4CCCN[C@@H]4C3)ccc2C(=O)C1C(=O)O. The number of anilines is 1. The molecule has 0 bridgehead atoms. The molecule has 1 aromatic rings. The van der Waals surface area contributed by atoms with Crippen LogP contribution in [0.25, 0.3) is 0 Å². The third-order valence-corrected chi connectivity index (χ3v) is 5.41. The van der Waals surface area contributed by atoms with Crippen molar-refractivity contribution in [2.45, 2.75) is 18.9 Å². The van der Waals surface area contributed by atoms with Crippen molar-refractivity contribution in [2.75, 3.05) is 31.6 Å². The van der Waals surface area contributed by atoms with Crippen LogP contribution in [0.4, 0.5) is 11.4 Å². The van der Waals surface area contributed by atoms with Gasteiger partial charge in [0.2, 0.25) is 5.90 Å². The second-order valence-corrected chi connectivity index (χ2v) is 6.86. The summed E-state index contributed by atoms with van der Waals surface area (Å²) in [6.07, 6.45) is 2.45. The van der Waals surface area contributed by atoms with E-state index >= 15 is 0 Å². The van der Waals surface area contributed by atoms with Crippen molar-refractivity contribution in [1.82, 2.24) is 5.32 Å². The Labute approximate surface area is 145 Å². The van der Waals surface area contributed by atoms with Gasteiger partial charge in [-0.1, -0.05) is 0 Å². The summed E-state index contributed by atoms with van der Waals surface area (Å²) in [5.74, 6) is -2.48. The van der Waals surface area contributed by atoms with Crippen LogP contribution in [-0.4, -0.2) is 55.5 Å². The van der Waals surface area contributed by atoms with E-state index in [1.807, 2.05) is 12.1 Å². The van der Waals surface area contributed by atoms with Crippen molar-refractivity contribution < 1.29 is 19.4 Å². The zero-order chi connectivity index (χ0) is 17.6. The predicted octanol–water partition coefficient (Wildman–Crippen LogP) is 1.45. The first-order valence-corrected chi connectivity index (χ1v) is 8.60. The number of methoxy groups -OCH3 is 1. The third-order valence-electron chi connectivity index (χ3n) is 5.41. The lowest BCUT2D eigenvalue weighted by atomic mass is 9.93. The van der Waals surface area contributed by atoms with Crippen LogP contribution in [0.5, 0.6) is 0 Å². The Morgan fingerprint density at radius 1 is 1.40 bits per heavy atom. The number of aliphatic carboxylic acids is 1. The summed E-state index contributed by atoms with van der Waals surface area (Å²) >= 11 is 0. The van der Waals surface area contributed by atoms with Gasteiger partial charge in [-0.05, 0) is 43.5 Å². The lowest BCUT2D eigenvalue weighted by Gasteiger charge is -2.24. The zero-order valence-electron chi connectivity index (χ0n) is 14.1. The Balaban J connectivity index is 1.65. The van der Waals surface area contributed by atoms with E-state index < -0.39 is 17.7 Å². The fraction of sp³-hybridized carbons (Fsp3) is 0.500. The van der Waals surface area contributed by atoms with E-state index in [0.717, 1.165) is 25.3 Å². The van der Waals surface area contributed by atoms with E-state index in [0.29, 0.717) is 23.2 Å². The Bertz CT molecular complexity index is 747. The fourth-order valence-electron chi connectivity index (χ4n) is 4.11. The minimum Gasteiger partial charge on any atom is -0.483 e. The van der Waals surface area contributed by atoms with E-state index in [4.69, 9.17) is 4.74 Å². The van der Waals surface area contributed by atoms with Gasteiger partial charge in [0.05, 0.1) is 12.8 Å². The van der Waals surface area contributed by atoms with Gasteiger partial charge in [-0.3, -0.25) is 9.59 Å². The zero-order valence-corrected chi connectivity index (χ0v) is 14.1. The first-order valence-electron chi connectivity index (χ1n) is 8.60. The maximum absolute atomic E-state index is 12.5. The molecule has 25 heavy (non-hydrogen) atoms. The number of carbonyl (C=O) groups is 2. The van der Waals surface area contributed by atoms with Crippen LogP contribution in [0.3, 0.4) is 0 Å². The summed E-state index contributed by atoms with van der Waals surface area (Å²) < 4.78 is 5.06. The molecule has 1 aromatic carbocycles. The molecule has 0 aliphatic carbocycles. The van der Waals surface area contributed by atoms with E-state index in [9.17, 15) is 14.7 Å². The molecule has 4 rings (SSSR count). The maximum Gasteiger partial charge on any atom is 0.324 e. The second kappa shape index (κ2) is 6.15. The summed E-state index contributed by atoms with van der Waals surface area (Å²) in [7, 11) is 1.34. The highest BCUT2D eigenvalue weighted by molar-refractivity contribution is 6.25. The van der Waals surface area contributed by atoms with Crippen molar-refractivity contribution in [3.63, 3.8) is 0 Å². The number of nitrogens with zero attached hydrogens (tertiary/aromatic N) is 2. The molecular weight excluding hydrogens is 322 g/mol. The molecule has 132 valence electrons. The molecule has 7 nitrogen and oxygen atoms in total. The monoisotopic (exact) mass is 343 g/mol. The Kier molecular flexibility index (Phi) is 3.95. The quantitative estimate of drug-likeness (QED) is 0.790. The van der Waals surface area contributed by atoms with Crippen molar-refractivity contribution in [1.29, 1.82) is 0 Å². The minimum atomic E-state index is -1.36. The Hall–Kier alpha value is -2.41. The minimum absolute atomic E-state index is 0.0566. The fourth-order valence-corrected chi connectivity index (χ4v) is 4.11. The van der Waals surface area contributed by atoms with Crippen molar-refractivity contribution >= 4 is 29.0 Å². The summed E-state index contributed by atoms with van der Waals surface area (Å²) in [5.41, 5.74) is 1.84. The van der Waals surface area contributed by atoms with E-state index in [2.05, 4.69) is 15.2 Å². The largest absolute Gasteiger partial charge is 0.483 e. The Morgan fingerprint density at radius 3 is 2.96 bits per heavy atom. The molecule has 3 aliphatic heterocycles. The van der Waals surface area contributed by atoms with Gasteiger partial charge in [-0.2, -0.15) is 0 Å². The number of carboxylic acid groups (broad SMARTS) is 1. The molecule has 0 amide bonds. The first-order chi connectivity index (χ1) is 12.1. The highest BCUT2D eigenvalue weighted by atomic mass is 16.5. The molecule has 2 N–H and O–H groups in total. The van der Waals surface area contributed by atoms with Crippen LogP contribution in [0.15, 0.2) is 23.2 Å². The Morgan fingerprint density at radius 2 is 2.24 bits per heavy atom.